The molecule has 0 amide bonds. The Balaban J connectivity index is 1.93. The maximum absolute atomic E-state index is 5.68. The van der Waals surface area contributed by atoms with Gasteiger partial charge in [0.2, 0.25) is 4.96 Å². The molecule has 19 heavy (non-hydrogen) atoms. The second-order valence-electron chi connectivity index (χ2n) is 4.99. The largest absolute Gasteiger partial charge is 0.373 e. The second kappa shape index (κ2) is 5.52. The minimum Gasteiger partial charge on any atom is -0.373 e. The summed E-state index contributed by atoms with van der Waals surface area (Å²) in [5.74, 6) is 1.50. The van der Waals surface area contributed by atoms with Gasteiger partial charge in [-0.15, -0.1) is 10.2 Å². The summed E-state index contributed by atoms with van der Waals surface area (Å²) in [5, 5.41) is 14.0. The SMILES string of the molecule is COC(CN)c1nn2c(C3CCCCC3)nnc2s1. The molecule has 7 heteroatoms. The zero-order valence-corrected chi connectivity index (χ0v) is 11.9. The highest BCUT2D eigenvalue weighted by Gasteiger charge is 2.24. The predicted octanol–water partition coefficient (Wildman–Crippen LogP) is 1.88. The number of hydrogen-bond acceptors (Lipinski definition) is 6. The van der Waals surface area contributed by atoms with Crippen LogP contribution in [0.15, 0.2) is 0 Å². The molecule has 0 aromatic carbocycles. The number of nitrogens with two attached hydrogens (primary N) is 1. The standard InChI is InChI=1S/C12H19N5OS/c1-18-9(7-13)11-16-17-10(14-15-12(17)19-11)8-5-3-2-4-6-8/h8-9H,2-7,13H2,1H3. The first kappa shape index (κ1) is 13.0. The smallest absolute Gasteiger partial charge is 0.234 e. The van der Waals surface area contributed by atoms with Crippen LogP contribution in [0.5, 0.6) is 0 Å². The fourth-order valence-corrected chi connectivity index (χ4v) is 3.63. The molecule has 104 valence electrons. The second-order valence-corrected chi connectivity index (χ2v) is 5.98. The van der Waals surface area contributed by atoms with E-state index in [-0.39, 0.29) is 6.10 Å². The lowest BCUT2D eigenvalue weighted by molar-refractivity contribution is 0.109. The summed E-state index contributed by atoms with van der Waals surface area (Å²) < 4.78 is 7.22. The number of hydrogen-bond donors (Lipinski definition) is 1. The Labute approximate surface area is 116 Å². The van der Waals surface area contributed by atoms with Crippen LogP contribution in [0.3, 0.4) is 0 Å². The quantitative estimate of drug-likeness (QED) is 0.925. The van der Waals surface area contributed by atoms with Crippen molar-refractivity contribution in [2.45, 2.75) is 44.1 Å². The Morgan fingerprint density at radius 2 is 2.16 bits per heavy atom. The molecular weight excluding hydrogens is 262 g/mol. The van der Waals surface area contributed by atoms with Gasteiger partial charge in [0.15, 0.2) is 5.82 Å². The number of methoxy groups -OCH3 is 1. The predicted molar refractivity (Wildman–Crippen MR) is 73.3 cm³/mol. The molecule has 0 aliphatic heterocycles. The van der Waals surface area contributed by atoms with E-state index in [0.717, 1.165) is 15.8 Å². The van der Waals surface area contributed by atoms with E-state index < -0.39 is 0 Å². The van der Waals surface area contributed by atoms with Gasteiger partial charge < -0.3 is 10.5 Å². The molecule has 6 nitrogen and oxygen atoms in total. The minimum absolute atomic E-state index is 0.147. The van der Waals surface area contributed by atoms with Gasteiger partial charge in [-0.2, -0.15) is 9.61 Å². The van der Waals surface area contributed by atoms with E-state index in [4.69, 9.17) is 10.5 Å². The molecule has 2 N–H and O–H groups in total. The highest BCUT2D eigenvalue weighted by atomic mass is 32.1. The Kier molecular flexibility index (Phi) is 3.76. The summed E-state index contributed by atoms with van der Waals surface area (Å²) in [4.78, 5) is 0.839. The zero-order chi connectivity index (χ0) is 13.2. The molecule has 2 aromatic rings. The molecule has 0 radical (unpaired) electrons. The highest BCUT2D eigenvalue weighted by molar-refractivity contribution is 7.16. The molecule has 2 aromatic heterocycles. The molecule has 3 rings (SSSR count). The molecule has 1 aliphatic rings. The van der Waals surface area contributed by atoms with Crippen LogP contribution in [0.1, 0.15) is 55.0 Å². The van der Waals surface area contributed by atoms with Gasteiger partial charge in [-0.25, -0.2) is 0 Å². The molecule has 1 unspecified atom stereocenters. The first-order valence-corrected chi connectivity index (χ1v) is 7.60. The average Bonchev–Trinajstić information content (AvgIpc) is 3.01. The summed E-state index contributed by atoms with van der Waals surface area (Å²) in [7, 11) is 1.65. The van der Waals surface area contributed by atoms with Gasteiger partial charge in [-0.05, 0) is 12.8 Å². The van der Waals surface area contributed by atoms with Crippen molar-refractivity contribution >= 4 is 16.3 Å². The Morgan fingerprint density at radius 1 is 1.37 bits per heavy atom. The molecule has 0 bridgehead atoms. The number of aromatic nitrogens is 4. The van der Waals surface area contributed by atoms with Crippen LogP contribution in [0, 0.1) is 0 Å². The lowest BCUT2D eigenvalue weighted by Crippen LogP contribution is -2.15. The van der Waals surface area contributed by atoms with Crippen LogP contribution in [-0.2, 0) is 4.74 Å². The summed E-state index contributed by atoms with van der Waals surface area (Å²) in [6, 6.07) is 0. The van der Waals surface area contributed by atoms with Gasteiger partial charge in [0.25, 0.3) is 0 Å². The van der Waals surface area contributed by atoms with Gasteiger partial charge in [-0.3, -0.25) is 0 Å². The Morgan fingerprint density at radius 3 is 2.84 bits per heavy atom. The summed E-state index contributed by atoms with van der Waals surface area (Å²) >= 11 is 1.51. The molecule has 2 heterocycles. The van der Waals surface area contributed by atoms with Gasteiger partial charge >= 0.3 is 0 Å². The molecule has 1 fully saturated rings. The van der Waals surface area contributed by atoms with Crippen LogP contribution < -0.4 is 5.73 Å². The number of nitrogens with zero attached hydrogens (tertiary/aromatic N) is 4. The average molecular weight is 281 g/mol. The third-order valence-corrected chi connectivity index (χ3v) is 4.77. The number of fused-ring (bicyclic) bond motifs is 1. The van der Waals surface area contributed by atoms with Crippen molar-refractivity contribution in [2.24, 2.45) is 5.73 Å². The highest BCUT2D eigenvalue weighted by Crippen LogP contribution is 2.33. The third-order valence-electron chi connectivity index (χ3n) is 3.77. The Bertz CT molecular complexity index is 541. The topological polar surface area (TPSA) is 78.3 Å². The first-order valence-electron chi connectivity index (χ1n) is 6.78. The van der Waals surface area contributed by atoms with Crippen molar-refractivity contribution in [3.8, 4) is 0 Å². The van der Waals surface area contributed by atoms with Crippen molar-refractivity contribution in [1.29, 1.82) is 0 Å². The van der Waals surface area contributed by atoms with Crippen LogP contribution >= 0.6 is 11.3 Å². The number of rotatable bonds is 4. The molecule has 0 saturated heterocycles. The van der Waals surface area contributed by atoms with Crippen LogP contribution in [0.2, 0.25) is 0 Å². The van der Waals surface area contributed by atoms with Gasteiger partial charge in [0.05, 0.1) is 0 Å². The third kappa shape index (κ3) is 2.37. The van der Waals surface area contributed by atoms with Crippen LogP contribution in [0.25, 0.3) is 4.96 Å². The minimum atomic E-state index is -0.147. The van der Waals surface area contributed by atoms with E-state index in [1.807, 2.05) is 4.52 Å². The van der Waals surface area contributed by atoms with E-state index >= 15 is 0 Å². The lowest BCUT2D eigenvalue weighted by atomic mass is 9.89. The van der Waals surface area contributed by atoms with E-state index in [9.17, 15) is 0 Å². The number of ether oxygens (including phenoxy) is 1. The molecule has 0 spiro atoms. The van der Waals surface area contributed by atoms with Gasteiger partial charge in [0.1, 0.15) is 11.1 Å². The van der Waals surface area contributed by atoms with Crippen LogP contribution in [0.4, 0.5) is 0 Å². The summed E-state index contributed by atoms with van der Waals surface area (Å²) in [5.41, 5.74) is 5.68. The maximum Gasteiger partial charge on any atom is 0.234 e. The first-order chi connectivity index (χ1) is 9.33. The van der Waals surface area contributed by atoms with Crippen molar-refractivity contribution in [2.75, 3.05) is 13.7 Å². The fourth-order valence-electron chi connectivity index (χ4n) is 2.69. The maximum atomic E-state index is 5.68. The van der Waals surface area contributed by atoms with Crippen molar-refractivity contribution < 1.29 is 4.74 Å². The van der Waals surface area contributed by atoms with E-state index in [2.05, 4.69) is 15.3 Å². The molecule has 1 aliphatic carbocycles. The van der Waals surface area contributed by atoms with Crippen molar-refractivity contribution in [1.82, 2.24) is 19.8 Å². The fraction of sp³-hybridized carbons (Fsp3) is 0.750. The molecule has 1 atom stereocenters. The monoisotopic (exact) mass is 281 g/mol. The van der Waals surface area contributed by atoms with Gasteiger partial charge in [-0.1, -0.05) is 30.6 Å². The van der Waals surface area contributed by atoms with E-state index in [1.165, 1.54) is 43.4 Å². The normalized spacial score (nSPS) is 19.1. The van der Waals surface area contributed by atoms with Crippen molar-refractivity contribution in [3.63, 3.8) is 0 Å². The summed E-state index contributed by atoms with van der Waals surface area (Å²) in [6.07, 6.45) is 6.13. The lowest BCUT2D eigenvalue weighted by Gasteiger charge is -2.18. The van der Waals surface area contributed by atoms with Crippen molar-refractivity contribution in [3.05, 3.63) is 10.8 Å². The molecule has 1 saturated carbocycles. The van der Waals surface area contributed by atoms with E-state index in [0.29, 0.717) is 12.5 Å². The zero-order valence-electron chi connectivity index (χ0n) is 11.1. The summed E-state index contributed by atoms with van der Waals surface area (Å²) in [6.45, 7) is 0.430. The van der Waals surface area contributed by atoms with Gasteiger partial charge in [0, 0.05) is 19.6 Å². The molecular formula is C12H19N5OS. The van der Waals surface area contributed by atoms with Crippen LogP contribution in [-0.4, -0.2) is 33.5 Å². The van der Waals surface area contributed by atoms with E-state index in [1.54, 1.807) is 7.11 Å². The Hall–Kier alpha value is -1.05.